The van der Waals surface area contributed by atoms with E-state index in [2.05, 4.69) is 17.6 Å². The average molecular weight is 298 g/mol. The second kappa shape index (κ2) is 6.55. The average Bonchev–Trinajstić information content (AvgIpc) is 2.64. The summed E-state index contributed by atoms with van der Waals surface area (Å²) in [4.78, 5) is 12.1. The highest BCUT2D eigenvalue weighted by atomic mass is 16.1. The van der Waals surface area contributed by atoms with Crippen LogP contribution in [0.5, 0.6) is 0 Å². The van der Waals surface area contributed by atoms with Crippen LogP contribution < -0.4 is 5.73 Å². The third-order valence-corrected chi connectivity index (χ3v) is 5.10. The lowest BCUT2D eigenvalue weighted by Crippen LogP contribution is -2.17. The number of nitrogens with two attached hydrogens (primary N) is 1. The van der Waals surface area contributed by atoms with E-state index in [1.807, 2.05) is 18.2 Å². The molecule has 2 N–H and O–H groups in total. The predicted octanol–water partition coefficient (Wildman–Crippen LogP) is 4.27. The van der Waals surface area contributed by atoms with E-state index in [1.165, 1.54) is 38.5 Å². The monoisotopic (exact) mass is 298 g/mol. The van der Waals surface area contributed by atoms with Crippen LogP contribution in [0.25, 0.3) is 10.9 Å². The van der Waals surface area contributed by atoms with Gasteiger partial charge in [0, 0.05) is 23.1 Å². The lowest BCUT2D eigenvalue weighted by Gasteiger charge is -2.17. The van der Waals surface area contributed by atoms with Crippen molar-refractivity contribution < 1.29 is 4.79 Å². The molecule has 0 radical (unpaired) electrons. The van der Waals surface area contributed by atoms with Gasteiger partial charge in [0.2, 0.25) is 0 Å². The first-order valence-electron chi connectivity index (χ1n) is 8.62. The zero-order valence-corrected chi connectivity index (χ0v) is 13.5. The number of carbonyl (C=O) groups excluding carboxylic acids is 1. The minimum absolute atomic E-state index is 0.285. The van der Waals surface area contributed by atoms with Crippen molar-refractivity contribution >= 4 is 16.8 Å². The van der Waals surface area contributed by atoms with Crippen LogP contribution in [0.2, 0.25) is 0 Å². The summed E-state index contributed by atoms with van der Waals surface area (Å²) in [5, 5.41) is 1.01. The Kier molecular flexibility index (Phi) is 4.51. The van der Waals surface area contributed by atoms with Gasteiger partial charge in [-0.05, 0) is 25.3 Å². The third-order valence-electron chi connectivity index (χ3n) is 5.10. The topological polar surface area (TPSA) is 48.0 Å². The summed E-state index contributed by atoms with van der Waals surface area (Å²) in [5.74, 6) is 0.405. The molecule has 3 rings (SSSR count). The Labute approximate surface area is 132 Å². The minimum atomic E-state index is -0.285. The fourth-order valence-electron chi connectivity index (χ4n) is 4.05. The molecule has 22 heavy (non-hydrogen) atoms. The Hall–Kier alpha value is -1.77. The van der Waals surface area contributed by atoms with E-state index in [-0.39, 0.29) is 5.91 Å². The molecule has 0 aliphatic heterocycles. The standard InChI is InChI=1S/C19H26N2O/c1-2-21-16-12-8-7-11-15(16)18(19(20)22)17(21)13-14-9-5-3-4-6-10-14/h7-8,11-12,14H,2-6,9-10,13H2,1H3,(H2,20,22). The maximum absolute atomic E-state index is 12.1. The second-order valence-corrected chi connectivity index (χ2v) is 6.51. The van der Waals surface area contributed by atoms with E-state index >= 15 is 0 Å². The molecule has 1 aliphatic carbocycles. The Balaban J connectivity index is 2.06. The highest BCUT2D eigenvalue weighted by Crippen LogP contribution is 2.32. The number of amides is 1. The van der Waals surface area contributed by atoms with Gasteiger partial charge in [-0.25, -0.2) is 0 Å². The first-order chi connectivity index (χ1) is 10.7. The number of aryl methyl sites for hydroxylation is 1. The van der Waals surface area contributed by atoms with Crippen LogP contribution in [0.4, 0.5) is 0 Å². The molecule has 1 saturated carbocycles. The van der Waals surface area contributed by atoms with Gasteiger partial charge in [-0.1, -0.05) is 56.7 Å². The van der Waals surface area contributed by atoms with Gasteiger partial charge in [0.05, 0.1) is 5.56 Å². The summed E-state index contributed by atoms with van der Waals surface area (Å²) in [6.45, 7) is 3.03. The lowest BCUT2D eigenvalue weighted by molar-refractivity contribution is 0.100. The van der Waals surface area contributed by atoms with Crippen LogP contribution in [0.1, 0.15) is 61.5 Å². The smallest absolute Gasteiger partial charge is 0.251 e. The molecule has 1 amide bonds. The molecule has 1 aromatic heterocycles. The predicted molar refractivity (Wildman–Crippen MR) is 91.0 cm³/mol. The van der Waals surface area contributed by atoms with Gasteiger partial charge < -0.3 is 10.3 Å². The number of hydrogen-bond donors (Lipinski definition) is 1. The number of rotatable bonds is 4. The zero-order chi connectivity index (χ0) is 15.5. The Morgan fingerprint density at radius 1 is 1.18 bits per heavy atom. The van der Waals surface area contributed by atoms with Crippen LogP contribution in [-0.4, -0.2) is 10.5 Å². The molecule has 0 unspecified atom stereocenters. The number of hydrogen-bond acceptors (Lipinski definition) is 1. The van der Waals surface area contributed by atoms with Crippen molar-refractivity contribution in [2.75, 3.05) is 0 Å². The molecule has 118 valence electrons. The summed E-state index contributed by atoms with van der Waals surface area (Å²) in [5.41, 5.74) is 8.78. The van der Waals surface area contributed by atoms with E-state index in [0.29, 0.717) is 5.92 Å². The van der Waals surface area contributed by atoms with Crippen molar-refractivity contribution in [2.24, 2.45) is 11.7 Å². The molecule has 1 aliphatic rings. The molecule has 1 heterocycles. The van der Waals surface area contributed by atoms with Crippen LogP contribution in [-0.2, 0) is 13.0 Å². The Morgan fingerprint density at radius 2 is 1.86 bits per heavy atom. The summed E-state index contributed by atoms with van der Waals surface area (Å²) in [6, 6.07) is 8.15. The molecule has 0 atom stereocenters. The molecule has 0 spiro atoms. The molecule has 0 saturated heterocycles. The Bertz CT molecular complexity index is 663. The first-order valence-corrected chi connectivity index (χ1v) is 8.62. The van der Waals surface area contributed by atoms with Crippen molar-refractivity contribution in [2.45, 2.75) is 58.4 Å². The molecular formula is C19H26N2O. The van der Waals surface area contributed by atoms with E-state index in [4.69, 9.17) is 5.73 Å². The number of para-hydroxylation sites is 1. The largest absolute Gasteiger partial charge is 0.366 e. The van der Waals surface area contributed by atoms with Gasteiger partial charge in [0.1, 0.15) is 0 Å². The molecule has 1 fully saturated rings. The van der Waals surface area contributed by atoms with Crippen LogP contribution >= 0.6 is 0 Å². The van der Waals surface area contributed by atoms with E-state index < -0.39 is 0 Å². The molecule has 0 bridgehead atoms. The number of nitrogens with zero attached hydrogens (tertiary/aromatic N) is 1. The summed E-state index contributed by atoms with van der Waals surface area (Å²) in [7, 11) is 0. The number of aromatic nitrogens is 1. The molecule has 3 heteroatoms. The zero-order valence-electron chi connectivity index (χ0n) is 13.5. The van der Waals surface area contributed by atoms with Crippen molar-refractivity contribution in [1.82, 2.24) is 4.57 Å². The van der Waals surface area contributed by atoms with Crippen molar-refractivity contribution in [3.05, 3.63) is 35.5 Å². The van der Waals surface area contributed by atoms with E-state index in [1.54, 1.807) is 0 Å². The van der Waals surface area contributed by atoms with Crippen molar-refractivity contribution in [3.63, 3.8) is 0 Å². The second-order valence-electron chi connectivity index (χ2n) is 6.51. The maximum atomic E-state index is 12.1. The first kappa shape index (κ1) is 15.1. The van der Waals surface area contributed by atoms with Crippen LogP contribution in [0, 0.1) is 5.92 Å². The quantitative estimate of drug-likeness (QED) is 0.842. The van der Waals surface area contributed by atoms with Crippen LogP contribution in [0.15, 0.2) is 24.3 Å². The van der Waals surface area contributed by atoms with E-state index in [0.717, 1.165) is 35.1 Å². The van der Waals surface area contributed by atoms with Gasteiger partial charge in [-0.2, -0.15) is 0 Å². The number of fused-ring (bicyclic) bond motifs is 1. The summed E-state index contributed by atoms with van der Waals surface area (Å²) >= 11 is 0. The third kappa shape index (κ3) is 2.77. The number of carbonyl (C=O) groups is 1. The SMILES string of the molecule is CCn1c(CC2CCCCCC2)c(C(N)=O)c2ccccc21. The Morgan fingerprint density at radius 3 is 2.50 bits per heavy atom. The van der Waals surface area contributed by atoms with Crippen molar-refractivity contribution in [1.29, 1.82) is 0 Å². The van der Waals surface area contributed by atoms with Crippen molar-refractivity contribution in [3.8, 4) is 0 Å². The molecule has 1 aromatic carbocycles. The van der Waals surface area contributed by atoms with Gasteiger partial charge in [0.15, 0.2) is 0 Å². The number of benzene rings is 1. The lowest BCUT2D eigenvalue weighted by atomic mass is 9.93. The molecule has 3 nitrogen and oxygen atoms in total. The minimum Gasteiger partial charge on any atom is -0.366 e. The van der Waals surface area contributed by atoms with Gasteiger partial charge in [-0.15, -0.1) is 0 Å². The van der Waals surface area contributed by atoms with E-state index in [9.17, 15) is 4.79 Å². The molecular weight excluding hydrogens is 272 g/mol. The molecule has 2 aromatic rings. The fourth-order valence-corrected chi connectivity index (χ4v) is 4.05. The fraction of sp³-hybridized carbons (Fsp3) is 0.526. The number of primary amides is 1. The van der Waals surface area contributed by atoms with Gasteiger partial charge in [0.25, 0.3) is 5.91 Å². The van der Waals surface area contributed by atoms with Gasteiger partial charge in [-0.3, -0.25) is 4.79 Å². The summed E-state index contributed by atoms with van der Waals surface area (Å²) in [6.07, 6.45) is 8.91. The highest BCUT2D eigenvalue weighted by Gasteiger charge is 2.23. The van der Waals surface area contributed by atoms with Crippen LogP contribution in [0.3, 0.4) is 0 Å². The van der Waals surface area contributed by atoms with Gasteiger partial charge >= 0.3 is 0 Å². The maximum Gasteiger partial charge on any atom is 0.251 e. The summed E-state index contributed by atoms with van der Waals surface area (Å²) < 4.78 is 2.29. The normalized spacial score (nSPS) is 16.8. The highest BCUT2D eigenvalue weighted by molar-refractivity contribution is 6.07.